The Morgan fingerprint density at radius 2 is 1.62 bits per heavy atom. The van der Waals surface area contributed by atoms with Crippen molar-refractivity contribution in [3.8, 4) is 11.1 Å². The summed E-state index contributed by atoms with van der Waals surface area (Å²) in [5, 5.41) is 2.57. The molecule has 0 saturated heterocycles. The topological polar surface area (TPSA) is 9.23 Å². The van der Waals surface area contributed by atoms with E-state index >= 15 is 0 Å². The SMILES string of the molecule is Cl.Cl.[Ti][O]Cc1ccccc1-c1c(C2=CC=CC2)ccc2ccccc12. The zero-order valence-electron chi connectivity index (χ0n) is 14.1. The molecule has 0 unspecified atom stereocenters. The van der Waals surface area contributed by atoms with Crippen LogP contribution < -0.4 is 0 Å². The Bertz CT molecular complexity index is 963. The fraction of sp³-hybridized carbons (Fsp3) is 0.0909. The summed E-state index contributed by atoms with van der Waals surface area (Å²) in [5.41, 5.74) is 6.50. The van der Waals surface area contributed by atoms with Gasteiger partial charge in [-0.3, -0.25) is 0 Å². The van der Waals surface area contributed by atoms with E-state index in [2.05, 4.69) is 78.9 Å². The van der Waals surface area contributed by atoms with Gasteiger partial charge in [0.25, 0.3) is 0 Å². The van der Waals surface area contributed by atoms with Crippen molar-refractivity contribution in [1.82, 2.24) is 0 Å². The molecule has 1 aliphatic carbocycles. The Kier molecular flexibility index (Phi) is 7.70. The summed E-state index contributed by atoms with van der Waals surface area (Å²) in [5.74, 6) is 0. The molecular weight excluding hydrogens is 399 g/mol. The van der Waals surface area contributed by atoms with Gasteiger partial charge in [0.2, 0.25) is 0 Å². The summed E-state index contributed by atoms with van der Waals surface area (Å²) >= 11 is 1.75. The Hall–Kier alpha value is -1.35. The monoisotopic (exact) mass is 417 g/mol. The van der Waals surface area contributed by atoms with E-state index in [0.717, 1.165) is 6.42 Å². The third kappa shape index (κ3) is 3.98. The molecule has 0 saturated carbocycles. The number of rotatable bonds is 4. The first-order valence-corrected chi connectivity index (χ1v) is 8.77. The van der Waals surface area contributed by atoms with Gasteiger partial charge in [-0.25, -0.2) is 0 Å². The van der Waals surface area contributed by atoms with E-state index in [0.29, 0.717) is 6.61 Å². The van der Waals surface area contributed by atoms with Gasteiger partial charge in [-0.2, -0.15) is 0 Å². The average molecular weight is 418 g/mol. The normalized spacial score (nSPS) is 12.3. The third-order valence-electron chi connectivity index (χ3n) is 4.56. The van der Waals surface area contributed by atoms with Crippen LogP contribution in [0.5, 0.6) is 0 Å². The molecule has 1 nitrogen and oxygen atoms in total. The first-order chi connectivity index (χ1) is 11.9. The maximum absolute atomic E-state index is 5.44. The second kappa shape index (κ2) is 9.55. The second-order valence-electron chi connectivity index (χ2n) is 5.98. The molecule has 0 atom stereocenters. The first kappa shape index (κ1) is 21.0. The van der Waals surface area contributed by atoms with Gasteiger partial charge in [0, 0.05) is 0 Å². The van der Waals surface area contributed by atoms with E-state index in [1.54, 1.807) is 20.8 Å². The van der Waals surface area contributed by atoms with Gasteiger partial charge in [-0.1, -0.05) is 0 Å². The van der Waals surface area contributed by atoms with Gasteiger partial charge in [0.05, 0.1) is 0 Å². The van der Waals surface area contributed by atoms with Crippen molar-refractivity contribution in [1.29, 1.82) is 0 Å². The zero-order valence-corrected chi connectivity index (χ0v) is 17.3. The molecule has 3 aromatic rings. The van der Waals surface area contributed by atoms with Gasteiger partial charge in [0.15, 0.2) is 0 Å². The minimum absolute atomic E-state index is 0. The van der Waals surface area contributed by atoms with Gasteiger partial charge in [-0.05, 0) is 0 Å². The van der Waals surface area contributed by atoms with Gasteiger partial charge in [-0.15, -0.1) is 24.8 Å². The predicted molar refractivity (Wildman–Crippen MR) is 110 cm³/mol. The Morgan fingerprint density at radius 3 is 2.38 bits per heavy atom. The third-order valence-corrected chi connectivity index (χ3v) is 4.79. The molecular formula is C22H19Cl2OTi. The average Bonchev–Trinajstić information content (AvgIpc) is 3.16. The fourth-order valence-electron chi connectivity index (χ4n) is 3.44. The van der Waals surface area contributed by atoms with Crippen molar-refractivity contribution >= 4 is 41.2 Å². The number of benzene rings is 3. The van der Waals surface area contributed by atoms with Crippen molar-refractivity contribution in [3.05, 3.63) is 90.0 Å². The quantitative estimate of drug-likeness (QED) is 0.430. The summed E-state index contributed by atoms with van der Waals surface area (Å²) in [6.45, 7) is 0.621. The van der Waals surface area contributed by atoms with Crippen LogP contribution in [0.15, 0.2) is 78.9 Å². The molecule has 0 amide bonds. The van der Waals surface area contributed by atoms with Crippen LogP contribution in [-0.4, -0.2) is 0 Å². The molecule has 3 aromatic carbocycles. The van der Waals surface area contributed by atoms with E-state index in [9.17, 15) is 0 Å². The molecule has 0 spiro atoms. The molecule has 26 heavy (non-hydrogen) atoms. The predicted octanol–water partition coefficient (Wildman–Crippen LogP) is 6.67. The van der Waals surface area contributed by atoms with Crippen molar-refractivity contribution < 1.29 is 24.1 Å². The van der Waals surface area contributed by atoms with Gasteiger partial charge in [0.1, 0.15) is 0 Å². The Morgan fingerprint density at radius 1 is 0.846 bits per heavy atom. The number of hydrogen-bond acceptors (Lipinski definition) is 1. The van der Waals surface area contributed by atoms with Crippen molar-refractivity contribution in [2.24, 2.45) is 0 Å². The number of halogens is 2. The zero-order chi connectivity index (χ0) is 16.4. The Labute approximate surface area is 178 Å². The molecule has 0 radical (unpaired) electrons. The molecule has 0 bridgehead atoms. The van der Waals surface area contributed by atoms with Gasteiger partial charge < -0.3 is 0 Å². The molecule has 4 rings (SSSR count). The van der Waals surface area contributed by atoms with Crippen molar-refractivity contribution in [3.63, 3.8) is 0 Å². The van der Waals surface area contributed by atoms with E-state index in [1.165, 1.54) is 38.6 Å². The molecule has 0 aliphatic heterocycles. The van der Waals surface area contributed by atoms with E-state index in [4.69, 9.17) is 3.32 Å². The van der Waals surface area contributed by atoms with Crippen molar-refractivity contribution in [2.75, 3.05) is 0 Å². The molecule has 0 fully saturated rings. The fourth-order valence-corrected chi connectivity index (χ4v) is 3.69. The van der Waals surface area contributed by atoms with Crippen LogP contribution >= 0.6 is 24.8 Å². The standard InChI is InChI=1S/C22H17O.2ClH.Ti/c23-15-18-10-4-6-12-20(18)22-19-11-5-3-9-17(19)13-14-21(22)16-7-1-2-8-16;;;/h1-7,9-14H,8,15H2;2*1H;/q-1;;;+1. The van der Waals surface area contributed by atoms with Crippen molar-refractivity contribution in [2.45, 2.75) is 13.0 Å². The molecule has 1 aliphatic rings. The van der Waals surface area contributed by atoms with Crippen LogP contribution in [0.3, 0.4) is 0 Å². The van der Waals surface area contributed by atoms with Crippen LogP contribution in [0.4, 0.5) is 0 Å². The summed E-state index contributed by atoms with van der Waals surface area (Å²) < 4.78 is 5.44. The summed E-state index contributed by atoms with van der Waals surface area (Å²) in [6.07, 6.45) is 7.59. The molecule has 4 heteroatoms. The minimum atomic E-state index is 0. The molecule has 131 valence electrons. The molecule has 0 N–H and O–H groups in total. The van der Waals surface area contributed by atoms with Crippen LogP contribution in [0.1, 0.15) is 17.5 Å². The molecule has 0 heterocycles. The number of allylic oxidation sites excluding steroid dienone is 4. The number of fused-ring (bicyclic) bond motifs is 1. The van der Waals surface area contributed by atoms with Gasteiger partial charge >= 0.3 is 155 Å². The van der Waals surface area contributed by atoms with E-state index in [1.807, 2.05) is 0 Å². The first-order valence-electron chi connectivity index (χ1n) is 8.13. The number of hydrogen-bond donors (Lipinski definition) is 0. The Balaban J connectivity index is 0.00000121. The van der Waals surface area contributed by atoms with E-state index in [-0.39, 0.29) is 24.8 Å². The van der Waals surface area contributed by atoms with Crippen LogP contribution in [0.2, 0.25) is 0 Å². The maximum atomic E-state index is 5.44. The van der Waals surface area contributed by atoms with E-state index < -0.39 is 0 Å². The van der Waals surface area contributed by atoms with Crippen LogP contribution in [0.25, 0.3) is 27.5 Å². The molecule has 0 aromatic heterocycles. The summed E-state index contributed by atoms with van der Waals surface area (Å²) in [4.78, 5) is 0. The van der Waals surface area contributed by atoms with Crippen LogP contribution in [-0.2, 0) is 30.7 Å². The summed E-state index contributed by atoms with van der Waals surface area (Å²) in [7, 11) is 0. The summed E-state index contributed by atoms with van der Waals surface area (Å²) in [6, 6.07) is 21.7. The second-order valence-corrected chi connectivity index (χ2v) is 6.43. The van der Waals surface area contributed by atoms with Crippen LogP contribution in [0, 0.1) is 0 Å².